The van der Waals surface area contributed by atoms with Crippen LogP contribution in [0.2, 0.25) is 0 Å². The van der Waals surface area contributed by atoms with Gasteiger partial charge < -0.3 is 19.2 Å². The van der Waals surface area contributed by atoms with E-state index in [-0.39, 0.29) is 5.91 Å². The molecule has 1 amide bonds. The normalized spacial score (nSPS) is 27.1. The second-order valence-corrected chi connectivity index (χ2v) is 5.76. The smallest absolute Gasteiger partial charge is 0.231 e. The fourth-order valence-electron chi connectivity index (χ4n) is 3.64. The lowest BCUT2D eigenvalue weighted by Gasteiger charge is -2.46. The summed E-state index contributed by atoms with van der Waals surface area (Å²) in [5.74, 6) is 0.762. The summed E-state index contributed by atoms with van der Waals surface area (Å²) < 4.78 is 10.8. The largest absolute Gasteiger partial charge is 0.498 e. The van der Waals surface area contributed by atoms with Crippen LogP contribution in [0, 0.1) is 5.92 Å². The molecule has 2 atom stereocenters. The Kier molecular flexibility index (Phi) is 3.43. The maximum absolute atomic E-state index is 12.8. The van der Waals surface area contributed by atoms with E-state index >= 15 is 0 Å². The van der Waals surface area contributed by atoms with Crippen LogP contribution < -0.4 is 4.90 Å². The van der Waals surface area contributed by atoms with E-state index in [0.29, 0.717) is 24.4 Å². The molecule has 0 bridgehead atoms. The van der Waals surface area contributed by atoms with E-state index < -0.39 is 11.3 Å². The van der Waals surface area contributed by atoms with Crippen molar-refractivity contribution in [2.45, 2.75) is 18.3 Å². The zero-order valence-corrected chi connectivity index (χ0v) is 13.0. The first kappa shape index (κ1) is 14.6. The number of amides is 1. The molecular formula is C17H19NO4. The number of ether oxygens (including phenoxy) is 2. The zero-order chi connectivity index (χ0) is 15.9. The average Bonchev–Trinajstić information content (AvgIpc) is 2.58. The Hall–Kier alpha value is -2.30. The van der Waals surface area contributed by atoms with Crippen molar-refractivity contribution in [1.82, 2.24) is 0 Å². The van der Waals surface area contributed by atoms with Crippen molar-refractivity contribution in [3.63, 3.8) is 0 Å². The monoisotopic (exact) mass is 301 g/mol. The molecule has 0 aromatic heterocycles. The molecule has 5 heteroatoms. The van der Waals surface area contributed by atoms with Gasteiger partial charge in [0, 0.05) is 25.6 Å². The topological polar surface area (TPSA) is 55.8 Å². The van der Waals surface area contributed by atoms with Crippen molar-refractivity contribution in [2.24, 2.45) is 5.92 Å². The number of methoxy groups -OCH3 is 2. The molecule has 5 nitrogen and oxygen atoms in total. The lowest BCUT2D eigenvalue weighted by Crippen LogP contribution is -2.53. The second kappa shape index (κ2) is 5.16. The Balaban J connectivity index is 2.24. The standard InChI is InChI=1S/C17H19NO4/c1-18-13-7-5-4-6-11(13)17(10-19)9-15(22-3)14(21-2)8-12(17)16(18)20/h4-7,10,12H,8-9H2,1-3H3/t12-,17-/m1/s1. The lowest BCUT2D eigenvalue weighted by molar-refractivity contribution is -0.131. The van der Waals surface area contributed by atoms with Gasteiger partial charge in [-0.3, -0.25) is 4.79 Å². The van der Waals surface area contributed by atoms with E-state index in [1.165, 1.54) is 0 Å². The van der Waals surface area contributed by atoms with Crippen LogP contribution in [-0.2, 0) is 24.5 Å². The van der Waals surface area contributed by atoms with E-state index in [0.717, 1.165) is 17.5 Å². The van der Waals surface area contributed by atoms with Crippen LogP contribution in [0.3, 0.4) is 0 Å². The first-order chi connectivity index (χ1) is 10.6. The summed E-state index contributed by atoms with van der Waals surface area (Å²) in [5, 5.41) is 0. The number of allylic oxidation sites excluding steroid dienone is 2. The Morgan fingerprint density at radius 2 is 1.91 bits per heavy atom. The Bertz CT molecular complexity index is 666. The van der Waals surface area contributed by atoms with Gasteiger partial charge in [-0.15, -0.1) is 0 Å². The summed E-state index contributed by atoms with van der Waals surface area (Å²) in [7, 11) is 4.88. The van der Waals surface area contributed by atoms with Crippen LogP contribution >= 0.6 is 0 Å². The van der Waals surface area contributed by atoms with Crippen LogP contribution in [-0.4, -0.2) is 33.5 Å². The first-order valence-corrected chi connectivity index (χ1v) is 7.22. The van der Waals surface area contributed by atoms with Gasteiger partial charge in [-0.2, -0.15) is 0 Å². The molecule has 1 aromatic carbocycles. The van der Waals surface area contributed by atoms with E-state index in [4.69, 9.17) is 9.47 Å². The molecule has 0 unspecified atom stereocenters. The van der Waals surface area contributed by atoms with Crippen molar-refractivity contribution in [3.05, 3.63) is 41.3 Å². The zero-order valence-electron chi connectivity index (χ0n) is 13.0. The molecule has 0 saturated heterocycles. The van der Waals surface area contributed by atoms with E-state index in [1.54, 1.807) is 26.2 Å². The number of rotatable bonds is 3. The van der Waals surface area contributed by atoms with Gasteiger partial charge in [0.05, 0.1) is 25.6 Å². The van der Waals surface area contributed by atoms with Crippen molar-refractivity contribution < 1.29 is 19.1 Å². The van der Waals surface area contributed by atoms with E-state index in [9.17, 15) is 9.59 Å². The lowest BCUT2D eigenvalue weighted by atomic mass is 9.61. The minimum Gasteiger partial charge on any atom is -0.498 e. The van der Waals surface area contributed by atoms with Crippen molar-refractivity contribution >= 4 is 17.9 Å². The number of para-hydroxylation sites is 1. The Morgan fingerprint density at radius 3 is 2.55 bits per heavy atom. The first-order valence-electron chi connectivity index (χ1n) is 7.22. The number of anilines is 1. The highest BCUT2D eigenvalue weighted by Crippen LogP contribution is 2.51. The van der Waals surface area contributed by atoms with Crippen LogP contribution in [0.25, 0.3) is 0 Å². The highest BCUT2D eigenvalue weighted by molar-refractivity contribution is 6.03. The molecule has 1 aliphatic carbocycles. The van der Waals surface area contributed by atoms with E-state index in [2.05, 4.69) is 0 Å². The van der Waals surface area contributed by atoms with Gasteiger partial charge in [0.2, 0.25) is 5.91 Å². The van der Waals surface area contributed by atoms with Crippen molar-refractivity contribution in [1.29, 1.82) is 0 Å². The van der Waals surface area contributed by atoms with Gasteiger partial charge in [-0.25, -0.2) is 0 Å². The maximum atomic E-state index is 12.8. The van der Waals surface area contributed by atoms with Gasteiger partial charge >= 0.3 is 0 Å². The number of nitrogens with zero attached hydrogens (tertiary/aromatic N) is 1. The predicted molar refractivity (Wildman–Crippen MR) is 81.4 cm³/mol. The van der Waals surface area contributed by atoms with Crippen molar-refractivity contribution in [3.8, 4) is 0 Å². The molecule has 116 valence electrons. The van der Waals surface area contributed by atoms with E-state index in [1.807, 2.05) is 24.3 Å². The number of benzene rings is 1. The molecule has 1 aromatic rings. The number of hydrogen-bond donors (Lipinski definition) is 0. The fourth-order valence-corrected chi connectivity index (χ4v) is 3.64. The minimum atomic E-state index is -0.881. The molecule has 0 radical (unpaired) electrons. The molecular weight excluding hydrogens is 282 g/mol. The minimum absolute atomic E-state index is 0.0597. The summed E-state index contributed by atoms with van der Waals surface area (Å²) in [5.41, 5.74) is 0.780. The van der Waals surface area contributed by atoms with Crippen LogP contribution in [0.4, 0.5) is 5.69 Å². The van der Waals surface area contributed by atoms with Crippen LogP contribution in [0.5, 0.6) is 0 Å². The van der Waals surface area contributed by atoms with Crippen LogP contribution in [0.1, 0.15) is 18.4 Å². The average molecular weight is 301 g/mol. The third-order valence-corrected chi connectivity index (χ3v) is 4.87. The number of aldehydes is 1. The summed E-state index contributed by atoms with van der Waals surface area (Å²) in [4.78, 5) is 26.5. The van der Waals surface area contributed by atoms with Crippen molar-refractivity contribution in [2.75, 3.05) is 26.2 Å². The molecule has 1 heterocycles. The number of carbonyl (C=O) groups is 2. The third-order valence-electron chi connectivity index (χ3n) is 4.87. The highest BCUT2D eigenvalue weighted by Gasteiger charge is 2.54. The Morgan fingerprint density at radius 1 is 1.23 bits per heavy atom. The molecule has 2 aliphatic rings. The van der Waals surface area contributed by atoms with Gasteiger partial charge in [-0.1, -0.05) is 18.2 Å². The summed E-state index contributed by atoms with van der Waals surface area (Å²) in [6.07, 6.45) is 1.63. The summed E-state index contributed by atoms with van der Waals surface area (Å²) in [6.45, 7) is 0. The molecule has 1 aliphatic heterocycles. The third kappa shape index (κ3) is 1.78. The van der Waals surface area contributed by atoms with Gasteiger partial charge in [0.25, 0.3) is 0 Å². The number of carbonyl (C=O) groups excluding carboxylic acids is 2. The van der Waals surface area contributed by atoms with Gasteiger partial charge in [0.1, 0.15) is 17.8 Å². The summed E-state index contributed by atoms with van der Waals surface area (Å²) in [6, 6.07) is 7.56. The molecule has 0 N–H and O–H groups in total. The SMILES string of the molecule is COC1=C(OC)C[C@@]2(C=O)c3ccccc3N(C)C(=O)[C@H]2C1. The molecule has 0 saturated carbocycles. The van der Waals surface area contributed by atoms with Gasteiger partial charge in [0.15, 0.2) is 0 Å². The maximum Gasteiger partial charge on any atom is 0.231 e. The number of hydrogen-bond acceptors (Lipinski definition) is 4. The molecule has 0 fully saturated rings. The second-order valence-electron chi connectivity index (χ2n) is 5.76. The van der Waals surface area contributed by atoms with Gasteiger partial charge in [-0.05, 0) is 11.6 Å². The molecule has 3 rings (SSSR count). The molecule has 0 spiro atoms. The summed E-state index contributed by atoms with van der Waals surface area (Å²) >= 11 is 0. The number of fused-ring (bicyclic) bond motifs is 3. The predicted octanol–water partition coefficient (Wildman–Crippen LogP) is 2.01. The fraction of sp³-hybridized carbons (Fsp3) is 0.412. The molecule has 22 heavy (non-hydrogen) atoms. The Labute approximate surface area is 129 Å². The highest BCUT2D eigenvalue weighted by atomic mass is 16.5. The quantitative estimate of drug-likeness (QED) is 0.801. The van der Waals surface area contributed by atoms with Crippen LogP contribution in [0.15, 0.2) is 35.8 Å².